The number of nitrogens with zero attached hydrogens (tertiary/aromatic N) is 2. The zero-order valence-electron chi connectivity index (χ0n) is 10.7. The lowest BCUT2D eigenvalue weighted by molar-refractivity contribution is -0.145. The molecule has 1 heterocycles. The van der Waals surface area contributed by atoms with E-state index in [9.17, 15) is 4.79 Å². The molecule has 0 aromatic carbocycles. The molecule has 7 heteroatoms. The number of rotatable bonds is 6. The van der Waals surface area contributed by atoms with Crippen LogP contribution < -0.4 is 4.74 Å². The largest absolute Gasteiger partial charge is 0.560 e. The molecule has 0 amide bonds. The van der Waals surface area contributed by atoms with E-state index in [0.717, 1.165) is 5.56 Å². The van der Waals surface area contributed by atoms with Crippen LogP contribution in [0, 0.1) is 6.92 Å². The van der Waals surface area contributed by atoms with Gasteiger partial charge >= 0.3 is 14.0 Å². The van der Waals surface area contributed by atoms with Crippen molar-refractivity contribution < 1.29 is 18.9 Å². The molecule has 1 aromatic heterocycles. The number of aryl methyl sites for hydroxylation is 1. The highest BCUT2D eigenvalue weighted by molar-refractivity contribution is 6.02. The Balaban J connectivity index is 2.62. The monoisotopic (exact) mass is 250 g/mol. The van der Waals surface area contributed by atoms with Crippen LogP contribution >= 0.6 is 0 Å². The molecule has 0 aliphatic heterocycles. The second-order valence-corrected chi connectivity index (χ2v) is 3.38. The van der Waals surface area contributed by atoms with Crippen molar-refractivity contribution in [2.45, 2.75) is 13.8 Å². The quantitative estimate of drug-likeness (QED) is 0.319. The van der Waals surface area contributed by atoms with Crippen molar-refractivity contribution >= 4 is 26.1 Å². The van der Waals surface area contributed by atoms with E-state index in [1.54, 1.807) is 13.0 Å². The third kappa shape index (κ3) is 4.44. The Hall–Kier alpha value is -2.05. The predicted molar refractivity (Wildman–Crippen MR) is 68.9 cm³/mol. The first kappa shape index (κ1) is 14.0. The molecule has 0 radical (unpaired) electrons. The van der Waals surface area contributed by atoms with Crippen LogP contribution in [-0.2, 0) is 14.2 Å². The molecule has 1 aromatic rings. The normalized spacial score (nSPS) is 10.3. The molecular formula is C11H15BN2O4. The Morgan fingerprint density at radius 1 is 1.61 bits per heavy atom. The summed E-state index contributed by atoms with van der Waals surface area (Å²) in [6.07, 6.45) is 2.85. The molecular weight excluding hydrogens is 235 g/mol. The number of hydrogen-bond donors (Lipinski definition) is 0. The van der Waals surface area contributed by atoms with Crippen molar-refractivity contribution in [1.29, 1.82) is 0 Å². The van der Waals surface area contributed by atoms with Gasteiger partial charge in [-0.25, -0.2) is 14.8 Å². The maximum atomic E-state index is 11.1. The molecule has 0 atom stereocenters. The highest BCUT2D eigenvalue weighted by Crippen LogP contribution is 2.20. The number of carbonyl (C=O) groups excluding carboxylic acids is 1. The van der Waals surface area contributed by atoms with Gasteiger partial charge in [0.25, 0.3) is 0 Å². The van der Waals surface area contributed by atoms with Crippen molar-refractivity contribution in [1.82, 2.24) is 4.98 Å². The molecule has 0 saturated heterocycles. The molecule has 0 fully saturated rings. The van der Waals surface area contributed by atoms with Gasteiger partial charge in [-0.1, -0.05) is 0 Å². The first-order valence-electron chi connectivity index (χ1n) is 5.47. The van der Waals surface area contributed by atoms with Crippen molar-refractivity contribution in [3.05, 3.63) is 17.8 Å². The number of aromatic nitrogens is 1. The summed E-state index contributed by atoms with van der Waals surface area (Å²) in [6, 6.07) is 1.78. The number of carbonyl (C=O) groups is 1. The van der Waals surface area contributed by atoms with E-state index >= 15 is 0 Å². The van der Waals surface area contributed by atoms with Crippen LogP contribution in [0.1, 0.15) is 12.5 Å². The van der Waals surface area contributed by atoms with E-state index in [-0.39, 0.29) is 6.61 Å². The summed E-state index contributed by atoms with van der Waals surface area (Å²) in [5.41, 5.74) is 1.43. The first-order chi connectivity index (χ1) is 8.67. The van der Waals surface area contributed by atoms with Gasteiger partial charge in [0.15, 0.2) is 13.0 Å². The standard InChI is InChI=1S/C11H15BN2O4/c1-3-16-10(15)6-17-11-8(2)4-9(5-13-11)14-7-18-12/h4-5,7H,3,6,12H2,1-2H3. The number of esters is 1. The van der Waals surface area contributed by atoms with Crippen LogP contribution in [0.25, 0.3) is 0 Å². The number of hydrogen-bond acceptors (Lipinski definition) is 6. The van der Waals surface area contributed by atoms with Gasteiger partial charge in [0, 0.05) is 5.56 Å². The zero-order valence-corrected chi connectivity index (χ0v) is 10.7. The van der Waals surface area contributed by atoms with E-state index in [0.29, 0.717) is 18.2 Å². The van der Waals surface area contributed by atoms with Crippen LogP contribution in [0.2, 0.25) is 0 Å². The van der Waals surface area contributed by atoms with Gasteiger partial charge in [0.05, 0.1) is 18.5 Å². The van der Waals surface area contributed by atoms with Gasteiger partial charge in [-0.3, -0.25) is 0 Å². The van der Waals surface area contributed by atoms with Gasteiger partial charge in [0.1, 0.15) is 0 Å². The minimum atomic E-state index is -0.416. The second kappa shape index (κ2) is 7.31. The number of aliphatic imine (C=N–C) groups is 1. The van der Waals surface area contributed by atoms with Crippen LogP contribution in [0.5, 0.6) is 5.88 Å². The van der Waals surface area contributed by atoms with E-state index in [2.05, 4.69) is 9.98 Å². The molecule has 6 nitrogen and oxygen atoms in total. The molecule has 1 rings (SSSR count). The first-order valence-corrected chi connectivity index (χ1v) is 5.47. The fourth-order valence-corrected chi connectivity index (χ4v) is 1.21. The molecule has 0 bridgehead atoms. The Morgan fingerprint density at radius 3 is 3.00 bits per heavy atom. The molecule has 0 N–H and O–H groups in total. The maximum absolute atomic E-state index is 11.1. The lowest BCUT2D eigenvalue weighted by Crippen LogP contribution is -2.15. The topological polar surface area (TPSA) is 70.0 Å². The van der Waals surface area contributed by atoms with Gasteiger partial charge < -0.3 is 14.1 Å². The van der Waals surface area contributed by atoms with E-state index < -0.39 is 5.97 Å². The number of pyridine rings is 1. The molecule has 0 aliphatic carbocycles. The van der Waals surface area contributed by atoms with Crippen molar-refractivity contribution in [2.24, 2.45) is 4.99 Å². The third-order valence-electron chi connectivity index (χ3n) is 1.96. The SMILES string of the molecule is BOC=Nc1cnc(OCC(=O)OCC)c(C)c1. The third-order valence-corrected chi connectivity index (χ3v) is 1.96. The van der Waals surface area contributed by atoms with Crippen LogP contribution in [0.4, 0.5) is 5.69 Å². The lowest BCUT2D eigenvalue weighted by atomic mass is 10.3. The molecule has 0 spiro atoms. The molecule has 0 saturated carbocycles. The van der Waals surface area contributed by atoms with Crippen LogP contribution in [0.3, 0.4) is 0 Å². The van der Waals surface area contributed by atoms with Crippen molar-refractivity contribution in [2.75, 3.05) is 13.2 Å². The predicted octanol–water partition coefficient (Wildman–Crippen LogP) is 0.556. The fourth-order valence-electron chi connectivity index (χ4n) is 1.21. The van der Waals surface area contributed by atoms with Gasteiger partial charge in [-0.15, -0.1) is 0 Å². The average molecular weight is 250 g/mol. The zero-order chi connectivity index (χ0) is 13.4. The molecule has 96 valence electrons. The molecule has 0 unspecified atom stereocenters. The summed E-state index contributed by atoms with van der Waals surface area (Å²) in [6.45, 7) is 3.74. The van der Waals surface area contributed by atoms with E-state index in [1.165, 1.54) is 20.6 Å². The van der Waals surface area contributed by atoms with Gasteiger partial charge in [0.2, 0.25) is 5.88 Å². The Bertz CT molecular complexity index is 437. The van der Waals surface area contributed by atoms with E-state index in [1.807, 2.05) is 6.92 Å². The van der Waals surface area contributed by atoms with Crippen LogP contribution in [-0.4, -0.2) is 38.6 Å². The summed E-state index contributed by atoms with van der Waals surface area (Å²) in [7, 11) is 1.51. The Labute approximate surface area is 106 Å². The summed E-state index contributed by atoms with van der Waals surface area (Å²) in [5.74, 6) is -0.0281. The minimum absolute atomic E-state index is 0.150. The average Bonchev–Trinajstić information content (AvgIpc) is 2.35. The summed E-state index contributed by atoms with van der Waals surface area (Å²) in [5, 5.41) is 0. The van der Waals surface area contributed by atoms with Crippen molar-refractivity contribution in [3.63, 3.8) is 0 Å². The van der Waals surface area contributed by atoms with Crippen LogP contribution in [0.15, 0.2) is 17.3 Å². The molecule has 0 aliphatic rings. The highest BCUT2D eigenvalue weighted by atomic mass is 16.6. The smallest absolute Gasteiger partial charge is 0.344 e. The summed E-state index contributed by atoms with van der Waals surface area (Å²) >= 11 is 0. The summed E-state index contributed by atoms with van der Waals surface area (Å²) < 4.78 is 14.7. The lowest BCUT2D eigenvalue weighted by Gasteiger charge is -2.07. The maximum Gasteiger partial charge on any atom is 0.344 e. The Morgan fingerprint density at radius 2 is 2.39 bits per heavy atom. The minimum Gasteiger partial charge on any atom is -0.560 e. The Kier molecular flexibility index (Phi) is 5.70. The summed E-state index contributed by atoms with van der Waals surface area (Å²) in [4.78, 5) is 19.2. The number of ether oxygens (including phenoxy) is 2. The second-order valence-electron chi connectivity index (χ2n) is 3.38. The van der Waals surface area contributed by atoms with Gasteiger partial charge in [-0.05, 0) is 19.9 Å². The van der Waals surface area contributed by atoms with Gasteiger partial charge in [-0.2, -0.15) is 0 Å². The van der Waals surface area contributed by atoms with E-state index in [4.69, 9.17) is 14.1 Å². The molecule has 18 heavy (non-hydrogen) atoms. The fraction of sp³-hybridized carbons (Fsp3) is 0.364. The highest BCUT2D eigenvalue weighted by Gasteiger charge is 2.06. The van der Waals surface area contributed by atoms with Crippen molar-refractivity contribution in [3.8, 4) is 5.88 Å².